The van der Waals surface area contributed by atoms with Crippen molar-refractivity contribution >= 4 is 5.95 Å². The molecule has 3 heterocycles. The Hall–Kier alpha value is -1.10. The first kappa shape index (κ1) is 16.4. The summed E-state index contributed by atoms with van der Waals surface area (Å²) in [6, 6.07) is 0. The van der Waals surface area contributed by atoms with Gasteiger partial charge in [-0.3, -0.25) is 4.57 Å². The lowest BCUT2D eigenvalue weighted by molar-refractivity contribution is 0.00561. The zero-order valence-corrected chi connectivity index (χ0v) is 15.5. The molecule has 0 N–H and O–H groups in total. The highest BCUT2D eigenvalue weighted by atomic mass is 16.5. The van der Waals surface area contributed by atoms with Gasteiger partial charge in [-0.2, -0.15) is 0 Å². The van der Waals surface area contributed by atoms with Gasteiger partial charge in [-0.25, -0.2) is 0 Å². The Balaban J connectivity index is 1.58. The molecule has 1 aromatic rings. The fourth-order valence-corrected chi connectivity index (χ4v) is 4.15. The van der Waals surface area contributed by atoms with E-state index < -0.39 is 0 Å². The van der Waals surface area contributed by atoms with E-state index in [4.69, 9.17) is 4.74 Å². The van der Waals surface area contributed by atoms with E-state index in [1.807, 2.05) is 0 Å². The molecule has 2 saturated heterocycles. The van der Waals surface area contributed by atoms with Gasteiger partial charge < -0.3 is 9.64 Å². The zero-order valence-electron chi connectivity index (χ0n) is 15.5. The third kappa shape index (κ3) is 3.19. The van der Waals surface area contributed by atoms with Gasteiger partial charge in [-0.05, 0) is 49.9 Å². The number of anilines is 1. The van der Waals surface area contributed by atoms with Gasteiger partial charge in [0.1, 0.15) is 5.82 Å². The molecule has 134 valence electrons. The molecule has 3 aliphatic rings. The molecule has 1 aliphatic carbocycles. The van der Waals surface area contributed by atoms with Gasteiger partial charge in [-0.15, -0.1) is 10.2 Å². The largest absolute Gasteiger partial charge is 0.376 e. The van der Waals surface area contributed by atoms with Crippen LogP contribution in [0.1, 0.15) is 71.0 Å². The minimum atomic E-state index is 0.329. The van der Waals surface area contributed by atoms with Crippen LogP contribution in [0.3, 0.4) is 0 Å². The molecule has 1 saturated carbocycles. The van der Waals surface area contributed by atoms with Gasteiger partial charge in [0.05, 0.1) is 12.6 Å². The van der Waals surface area contributed by atoms with Crippen molar-refractivity contribution in [1.82, 2.24) is 14.8 Å². The number of ether oxygens (including phenoxy) is 1. The number of hydrogen-bond donors (Lipinski definition) is 0. The molecule has 24 heavy (non-hydrogen) atoms. The van der Waals surface area contributed by atoms with E-state index in [9.17, 15) is 0 Å². The van der Waals surface area contributed by atoms with E-state index in [1.165, 1.54) is 44.3 Å². The van der Waals surface area contributed by atoms with Crippen molar-refractivity contribution in [2.24, 2.45) is 11.3 Å². The highest BCUT2D eigenvalue weighted by Gasteiger charge is 2.37. The summed E-state index contributed by atoms with van der Waals surface area (Å²) in [6.07, 6.45) is 7.78. The van der Waals surface area contributed by atoms with Gasteiger partial charge in [0.2, 0.25) is 5.95 Å². The van der Waals surface area contributed by atoms with E-state index in [1.54, 1.807) is 0 Å². The quantitative estimate of drug-likeness (QED) is 0.845. The maximum atomic E-state index is 6.01. The third-order valence-corrected chi connectivity index (χ3v) is 6.41. The highest BCUT2D eigenvalue weighted by Crippen LogP contribution is 2.41. The van der Waals surface area contributed by atoms with Crippen LogP contribution >= 0.6 is 0 Å². The Morgan fingerprint density at radius 3 is 2.62 bits per heavy atom. The molecule has 4 rings (SSSR count). The number of hydrogen-bond acceptors (Lipinski definition) is 4. The molecule has 5 heteroatoms. The Labute approximate surface area is 145 Å². The molecule has 0 unspecified atom stereocenters. The Morgan fingerprint density at radius 1 is 1.12 bits per heavy atom. The first-order chi connectivity index (χ1) is 11.5. The van der Waals surface area contributed by atoms with Crippen molar-refractivity contribution in [3.8, 4) is 0 Å². The summed E-state index contributed by atoms with van der Waals surface area (Å²) in [7, 11) is 0. The van der Waals surface area contributed by atoms with Crippen molar-refractivity contribution in [3.05, 3.63) is 5.82 Å². The fraction of sp³-hybridized carbons (Fsp3) is 0.895. The topological polar surface area (TPSA) is 43.2 Å². The van der Waals surface area contributed by atoms with Crippen LogP contribution in [0.4, 0.5) is 5.95 Å². The summed E-state index contributed by atoms with van der Waals surface area (Å²) in [5, 5.41) is 9.24. The van der Waals surface area contributed by atoms with Crippen molar-refractivity contribution in [2.45, 2.75) is 77.9 Å². The molecular weight excluding hydrogens is 300 g/mol. The van der Waals surface area contributed by atoms with Gasteiger partial charge in [-0.1, -0.05) is 20.8 Å². The first-order valence-corrected chi connectivity index (χ1v) is 9.84. The second-order valence-electron chi connectivity index (χ2n) is 8.83. The molecule has 2 aliphatic heterocycles. The molecule has 2 atom stereocenters. The van der Waals surface area contributed by atoms with Gasteiger partial charge in [0.15, 0.2) is 0 Å². The molecule has 0 amide bonds. The zero-order chi connectivity index (χ0) is 16.7. The van der Waals surface area contributed by atoms with Crippen molar-refractivity contribution in [1.29, 1.82) is 0 Å². The minimum Gasteiger partial charge on any atom is -0.376 e. The molecular formula is C19H32N4O. The van der Waals surface area contributed by atoms with Crippen LogP contribution in [-0.2, 0) is 11.3 Å². The van der Waals surface area contributed by atoms with Crippen LogP contribution in [-0.4, -0.2) is 40.6 Å². The Bertz CT molecular complexity index is 572. The van der Waals surface area contributed by atoms with Crippen LogP contribution in [0.5, 0.6) is 0 Å². The molecule has 3 fully saturated rings. The lowest BCUT2D eigenvalue weighted by Crippen LogP contribution is -2.46. The summed E-state index contributed by atoms with van der Waals surface area (Å²) >= 11 is 0. The highest BCUT2D eigenvalue weighted by molar-refractivity contribution is 5.34. The normalized spacial score (nSPS) is 30.5. The average Bonchev–Trinajstić information content (AvgIpc) is 3.32. The molecule has 0 bridgehead atoms. The number of nitrogens with zero attached hydrogens (tertiary/aromatic N) is 4. The maximum absolute atomic E-state index is 6.01. The number of piperidine rings is 1. The van der Waals surface area contributed by atoms with Crippen LogP contribution in [0.2, 0.25) is 0 Å². The molecule has 1 aromatic heterocycles. The average molecular weight is 332 g/mol. The third-order valence-electron chi connectivity index (χ3n) is 6.41. The fourth-order valence-electron chi connectivity index (χ4n) is 4.15. The second-order valence-corrected chi connectivity index (χ2v) is 8.83. The van der Waals surface area contributed by atoms with Crippen molar-refractivity contribution < 1.29 is 4.74 Å². The van der Waals surface area contributed by atoms with Crippen LogP contribution < -0.4 is 4.90 Å². The standard InChI is InChI=1S/C19H32N4O/c1-14-9-10-22(13-19(14,2)3)18-21-20-17(15-7-8-15)23(18)12-16-6-4-5-11-24-16/h14-16H,4-13H2,1-3H3/t14-,16+/m1/s1. The van der Waals surface area contributed by atoms with E-state index in [2.05, 4.69) is 40.4 Å². The van der Waals surface area contributed by atoms with Crippen LogP contribution in [0.15, 0.2) is 0 Å². The summed E-state index contributed by atoms with van der Waals surface area (Å²) < 4.78 is 8.41. The minimum absolute atomic E-state index is 0.329. The van der Waals surface area contributed by atoms with Crippen molar-refractivity contribution in [2.75, 3.05) is 24.6 Å². The van der Waals surface area contributed by atoms with Gasteiger partial charge >= 0.3 is 0 Å². The Morgan fingerprint density at radius 2 is 1.96 bits per heavy atom. The van der Waals surface area contributed by atoms with Crippen LogP contribution in [0, 0.1) is 11.3 Å². The Kier molecular flexibility index (Phi) is 4.31. The van der Waals surface area contributed by atoms with E-state index in [0.29, 0.717) is 17.4 Å². The predicted molar refractivity (Wildman–Crippen MR) is 95.4 cm³/mol. The molecule has 0 aromatic carbocycles. The first-order valence-electron chi connectivity index (χ1n) is 9.84. The summed E-state index contributed by atoms with van der Waals surface area (Å²) in [5.74, 6) is 3.68. The van der Waals surface area contributed by atoms with Gasteiger partial charge in [0.25, 0.3) is 0 Å². The van der Waals surface area contributed by atoms with E-state index in [-0.39, 0.29) is 0 Å². The lowest BCUT2D eigenvalue weighted by atomic mass is 9.75. The second kappa shape index (κ2) is 6.32. The summed E-state index contributed by atoms with van der Waals surface area (Å²) in [4.78, 5) is 2.47. The SMILES string of the molecule is C[C@@H]1CCN(c2nnc(C3CC3)n2C[C@@H]2CCCCO2)CC1(C)C. The molecule has 5 nitrogen and oxygen atoms in total. The van der Waals surface area contributed by atoms with Crippen LogP contribution in [0.25, 0.3) is 0 Å². The monoisotopic (exact) mass is 332 g/mol. The molecule has 0 radical (unpaired) electrons. The number of rotatable bonds is 4. The van der Waals surface area contributed by atoms with E-state index >= 15 is 0 Å². The van der Waals surface area contributed by atoms with Crippen molar-refractivity contribution in [3.63, 3.8) is 0 Å². The maximum Gasteiger partial charge on any atom is 0.227 e. The smallest absolute Gasteiger partial charge is 0.227 e. The predicted octanol–water partition coefficient (Wildman–Crippen LogP) is 3.60. The number of aromatic nitrogens is 3. The summed E-state index contributed by atoms with van der Waals surface area (Å²) in [5.41, 5.74) is 0.329. The summed E-state index contributed by atoms with van der Waals surface area (Å²) in [6.45, 7) is 11.2. The van der Waals surface area contributed by atoms with E-state index in [0.717, 1.165) is 38.1 Å². The van der Waals surface area contributed by atoms with Gasteiger partial charge in [0, 0.05) is 25.6 Å². The lowest BCUT2D eigenvalue weighted by Gasteiger charge is -2.43. The molecule has 0 spiro atoms.